The monoisotopic (exact) mass is 601 g/mol. The van der Waals surface area contributed by atoms with E-state index in [1.54, 1.807) is 19.0 Å². The molecule has 1 fully saturated rings. The number of para-hydroxylation sites is 1. The average molecular weight is 601 g/mol. The van der Waals surface area contributed by atoms with Gasteiger partial charge in [0.05, 0.1) is 11.6 Å². The highest BCUT2D eigenvalue weighted by Gasteiger charge is 2.34. The van der Waals surface area contributed by atoms with Crippen LogP contribution >= 0.6 is 21.0 Å². The zero-order chi connectivity index (χ0) is 25.2. The first-order valence-electron chi connectivity index (χ1n) is 12.4. The summed E-state index contributed by atoms with van der Waals surface area (Å²) in [5.41, 5.74) is 5.44. The first-order chi connectivity index (χ1) is 17.4. The number of piperidine rings is 1. The van der Waals surface area contributed by atoms with Gasteiger partial charge in [0.25, 0.3) is 0 Å². The predicted molar refractivity (Wildman–Crippen MR) is 150 cm³/mol. The quantitative estimate of drug-likeness (QED) is 0.390. The molecule has 1 unspecified atom stereocenters. The lowest BCUT2D eigenvalue weighted by molar-refractivity contribution is -0.140. The number of hydrogen-bond acceptors (Lipinski definition) is 4. The molecule has 8 nitrogen and oxygen atoms in total. The number of nitrogens with zero attached hydrogens (tertiary/aromatic N) is 3. The van der Waals surface area contributed by atoms with Crippen LogP contribution in [-0.4, -0.2) is 69.8 Å². The summed E-state index contributed by atoms with van der Waals surface area (Å²) in [4.78, 5) is 44.3. The van der Waals surface area contributed by atoms with Crippen molar-refractivity contribution in [2.24, 2.45) is 5.92 Å². The molecule has 2 N–H and O–H groups in total. The second-order valence-corrected chi connectivity index (χ2v) is 11.7. The van der Waals surface area contributed by atoms with Crippen LogP contribution in [0.3, 0.4) is 0 Å². The number of likely N-dealkylation sites (tertiary alicyclic amines) is 1. The summed E-state index contributed by atoms with van der Waals surface area (Å²) in [5, 5.41) is 2.99. The third-order valence-corrected chi connectivity index (χ3v) is 9.13. The van der Waals surface area contributed by atoms with Crippen LogP contribution in [0, 0.1) is 5.92 Å². The van der Waals surface area contributed by atoms with Crippen LogP contribution in [0.5, 0.6) is 0 Å². The second kappa shape index (κ2) is 10.6. The summed E-state index contributed by atoms with van der Waals surface area (Å²) >= 11 is -0.133. The van der Waals surface area contributed by atoms with Gasteiger partial charge in [0, 0.05) is 57.4 Å². The molecule has 190 valence electrons. The molecule has 9 heteroatoms. The van der Waals surface area contributed by atoms with E-state index in [4.69, 9.17) is 0 Å². The highest BCUT2D eigenvalue weighted by Crippen LogP contribution is 2.29. The minimum absolute atomic E-state index is 0.0161. The number of urea groups is 1. The fraction of sp³-hybridized carbons (Fsp3) is 0.407. The minimum atomic E-state index is -0.392. The van der Waals surface area contributed by atoms with Gasteiger partial charge in [-0.1, -0.05) is 24.3 Å². The van der Waals surface area contributed by atoms with Gasteiger partial charge < -0.3 is 23.5 Å². The van der Waals surface area contributed by atoms with Crippen molar-refractivity contribution in [1.82, 2.24) is 14.7 Å². The Morgan fingerprint density at radius 3 is 2.67 bits per heavy atom. The van der Waals surface area contributed by atoms with Crippen LogP contribution < -0.4 is 8.85 Å². The SMILES string of the molecule is CN(C)C(=O)C(CC(=O)N1CCC(N2Cc3ccccc3NC2=O)CC1)Cc1ccc2c(c1)C=IN2. The minimum Gasteiger partial charge on any atom is -0.349 e. The highest BCUT2D eigenvalue weighted by molar-refractivity contribution is 14.2. The molecule has 0 saturated carbocycles. The molecule has 1 atom stereocenters. The molecule has 0 bridgehead atoms. The van der Waals surface area contributed by atoms with E-state index in [1.165, 1.54) is 5.56 Å². The van der Waals surface area contributed by atoms with Gasteiger partial charge in [0.15, 0.2) is 0 Å². The molecule has 0 aromatic heterocycles. The maximum absolute atomic E-state index is 13.3. The summed E-state index contributed by atoms with van der Waals surface area (Å²) in [7, 11) is 3.50. The van der Waals surface area contributed by atoms with Crippen molar-refractivity contribution in [3.8, 4) is 0 Å². The third kappa shape index (κ3) is 5.25. The predicted octanol–water partition coefficient (Wildman–Crippen LogP) is 3.82. The summed E-state index contributed by atoms with van der Waals surface area (Å²) in [6.07, 6.45) is 2.23. The van der Waals surface area contributed by atoms with E-state index >= 15 is 0 Å². The zero-order valence-electron chi connectivity index (χ0n) is 20.7. The molecule has 5 rings (SSSR count). The number of nitrogens with one attached hydrogen (secondary N) is 2. The largest absolute Gasteiger partial charge is 0.349 e. The molecule has 0 spiro atoms. The molecule has 4 amide bonds. The smallest absolute Gasteiger partial charge is 0.322 e. The number of halogens is 1. The topological polar surface area (TPSA) is 85.0 Å². The maximum Gasteiger partial charge on any atom is 0.322 e. The van der Waals surface area contributed by atoms with Gasteiger partial charge in [0.1, 0.15) is 0 Å². The normalized spacial score (nSPS) is 17.9. The van der Waals surface area contributed by atoms with E-state index in [0.29, 0.717) is 26.1 Å². The van der Waals surface area contributed by atoms with E-state index in [9.17, 15) is 14.4 Å². The van der Waals surface area contributed by atoms with E-state index in [2.05, 4.69) is 31.1 Å². The Hall–Kier alpha value is -2.95. The Kier molecular flexibility index (Phi) is 7.27. The number of hydrogen-bond donors (Lipinski definition) is 2. The van der Waals surface area contributed by atoms with Crippen molar-refractivity contribution in [2.45, 2.75) is 38.3 Å². The van der Waals surface area contributed by atoms with Crippen LogP contribution in [0.2, 0.25) is 0 Å². The third-order valence-electron chi connectivity index (χ3n) is 7.26. The second-order valence-electron chi connectivity index (χ2n) is 9.90. The van der Waals surface area contributed by atoms with Crippen LogP contribution in [0.4, 0.5) is 16.2 Å². The summed E-state index contributed by atoms with van der Waals surface area (Å²) < 4.78 is 5.67. The number of amides is 4. The van der Waals surface area contributed by atoms with Crippen molar-refractivity contribution in [3.05, 3.63) is 59.2 Å². The van der Waals surface area contributed by atoms with Gasteiger partial charge in [-0.05, 0) is 73.6 Å². The Bertz CT molecular complexity index is 1210. The Balaban J connectivity index is 1.20. The number of rotatable bonds is 6. The Morgan fingerprint density at radius 2 is 1.89 bits per heavy atom. The number of benzene rings is 2. The van der Waals surface area contributed by atoms with E-state index in [0.717, 1.165) is 35.3 Å². The Labute approximate surface area is 222 Å². The van der Waals surface area contributed by atoms with Crippen molar-refractivity contribution >= 4 is 54.2 Å². The van der Waals surface area contributed by atoms with Gasteiger partial charge >= 0.3 is 6.03 Å². The molecule has 3 aliphatic heterocycles. The molecule has 2 aromatic carbocycles. The van der Waals surface area contributed by atoms with Crippen LogP contribution in [0.25, 0.3) is 0 Å². The lowest BCUT2D eigenvalue weighted by atomic mass is 9.92. The van der Waals surface area contributed by atoms with E-state index in [-0.39, 0.29) is 51.3 Å². The first-order valence-corrected chi connectivity index (χ1v) is 14.7. The van der Waals surface area contributed by atoms with Gasteiger partial charge in [0.2, 0.25) is 11.8 Å². The van der Waals surface area contributed by atoms with Crippen molar-refractivity contribution in [2.75, 3.05) is 36.0 Å². The number of carbonyl (C=O) groups excluding carboxylic acids is 3. The number of anilines is 2. The molecule has 0 aliphatic carbocycles. The van der Waals surface area contributed by atoms with Crippen LogP contribution in [0.1, 0.15) is 36.0 Å². The average Bonchev–Trinajstić information content (AvgIpc) is 3.35. The lowest BCUT2D eigenvalue weighted by Crippen LogP contribution is -2.51. The highest BCUT2D eigenvalue weighted by atomic mass is 127. The molecule has 0 radical (unpaired) electrons. The lowest BCUT2D eigenvalue weighted by Gasteiger charge is -2.40. The number of carbonyl (C=O) groups is 3. The van der Waals surface area contributed by atoms with Crippen LogP contribution in [-0.2, 0) is 22.6 Å². The van der Waals surface area contributed by atoms with Crippen molar-refractivity contribution in [3.63, 3.8) is 0 Å². The van der Waals surface area contributed by atoms with Gasteiger partial charge in [-0.15, -0.1) is 0 Å². The fourth-order valence-corrected chi connectivity index (χ4v) is 7.07. The molecule has 1 saturated heterocycles. The summed E-state index contributed by atoms with van der Waals surface area (Å²) in [6.45, 7) is 1.79. The van der Waals surface area contributed by atoms with E-state index in [1.807, 2.05) is 34.1 Å². The standard InChI is InChI=1S/C27H32IN5O3/c1-31(2)26(35)20(13-18-7-8-24-21(14-18)16-28-30-24)15-25(34)32-11-9-22(10-12-32)33-17-19-5-3-4-6-23(19)29-27(33)36/h3-8,14,16,20,22,30H,9-13,15,17H2,1-2H3,(H,29,36). The number of fused-ring (bicyclic) bond motifs is 2. The summed E-state index contributed by atoms with van der Waals surface area (Å²) in [6, 6.07) is 14.2. The van der Waals surface area contributed by atoms with Crippen LogP contribution in [0.15, 0.2) is 42.5 Å². The fourth-order valence-electron chi connectivity index (χ4n) is 5.24. The summed E-state index contributed by atoms with van der Waals surface area (Å²) in [5.74, 6) is -0.393. The first kappa shape index (κ1) is 24.7. The molecule has 36 heavy (non-hydrogen) atoms. The maximum atomic E-state index is 13.3. The van der Waals surface area contributed by atoms with Gasteiger partial charge in [-0.3, -0.25) is 9.59 Å². The Morgan fingerprint density at radius 1 is 1.11 bits per heavy atom. The molecule has 2 aromatic rings. The molecule has 3 heterocycles. The molecular weight excluding hydrogens is 569 g/mol. The zero-order valence-corrected chi connectivity index (χ0v) is 22.8. The van der Waals surface area contributed by atoms with Crippen molar-refractivity contribution in [1.29, 1.82) is 0 Å². The van der Waals surface area contributed by atoms with Gasteiger partial charge in [-0.2, -0.15) is 0 Å². The van der Waals surface area contributed by atoms with Crippen molar-refractivity contribution < 1.29 is 14.4 Å². The van der Waals surface area contributed by atoms with Gasteiger partial charge in [-0.25, -0.2) is 4.79 Å². The molecular formula is C27H32IN5O3. The molecule has 3 aliphatic rings. The van der Waals surface area contributed by atoms with E-state index < -0.39 is 5.92 Å².